The first-order valence-electron chi connectivity index (χ1n) is 7.68. The van der Waals surface area contributed by atoms with Crippen molar-refractivity contribution >= 4 is 18.3 Å². The van der Waals surface area contributed by atoms with Crippen LogP contribution in [0.2, 0.25) is 0 Å². The van der Waals surface area contributed by atoms with Gasteiger partial charge in [0.2, 0.25) is 5.91 Å². The van der Waals surface area contributed by atoms with Gasteiger partial charge in [0.05, 0.1) is 5.92 Å². The van der Waals surface area contributed by atoms with E-state index in [0.29, 0.717) is 0 Å². The van der Waals surface area contributed by atoms with E-state index in [9.17, 15) is 4.79 Å². The van der Waals surface area contributed by atoms with Crippen molar-refractivity contribution in [3.05, 3.63) is 0 Å². The highest BCUT2D eigenvalue weighted by atomic mass is 35.5. The van der Waals surface area contributed by atoms with Gasteiger partial charge in [-0.25, -0.2) is 0 Å². The number of piperidine rings is 1. The van der Waals surface area contributed by atoms with Crippen molar-refractivity contribution in [3.8, 4) is 0 Å². The topological polar surface area (TPSA) is 41.1 Å². The second-order valence-electron chi connectivity index (χ2n) is 5.93. The van der Waals surface area contributed by atoms with E-state index in [1.54, 1.807) is 0 Å². The Balaban J connectivity index is 0.00000324. The maximum absolute atomic E-state index is 11.8. The van der Waals surface area contributed by atoms with E-state index < -0.39 is 0 Å². The van der Waals surface area contributed by atoms with Gasteiger partial charge in [-0.1, -0.05) is 39.5 Å². The van der Waals surface area contributed by atoms with Crippen molar-refractivity contribution in [1.29, 1.82) is 0 Å². The van der Waals surface area contributed by atoms with Gasteiger partial charge in [0.25, 0.3) is 0 Å². The van der Waals surface area contributed by atoms with Gasteiger partial charge in [-0.15, -0.1) is 12.4 Å². The fraction of sp³-hybridized carbons (Fsp3) is 0.933. The van der Waals surface area contributed by atoms with Crippen LogP contribution in [-0.4, -0.2) is 25.5 Å². The number of hydrogen-bond donors (Lipinski definition) is 2. The molecule has 0 aromatic carbocycles. The van der Waals surface area contributed by atoms with E-state index in [2.05, 4.69) is 24.5 Å². The molecule has 19 heavy (non-hydrogen) atoms. The largest absolute Gasteiger partial charge is 0.356 e. The fourth-order valence-electron chi connectivity index (χ4n) is 2.46. The van der Waals surface area contributed by atoms with Crippen molar-refractivity contribution < 1.29 is 4.79 Å². The average Bonchev–Trinajstić information content (AvgIpc) is 2.38. The minimum Gasteiger partial charge on any atom is -0.356 e. The van der Waals surface area contributed by atoms with Crippen LogP contribution in [0.25, 0.3) is 0 Å². The van der Waals surface area contributed by atoms with Gasteiger partial charge >= 0.3 is 0 Å². The zero-order chi connectivity index (χ0) is 13.2. The van der Waals surface area contributed by atoms with Crippen LogP contribution in [0.15, 0.2) is 0 Å². The maximum Gasteiger partial charge on any atom is 0.224 e. The first-order chi connectivity index (χ1) is 8.70. The molecule has 0 aromatic heterocycles. The van der Waals surface area contributed by atoms with Gasteiger partial charge in [-0.2, -0.15) is 0 Å². The smallest absolute Gasteiger partial charge is 0.224 e. The lowest BCUT2D eigenvalue weighted by molar-refractivity contribution is -0.125. The molecule has 0 aromatic rings. The molecule has 2 N–H and O–H groups in total. The number of halogens is 1. The highest BCUT2D eigenvalue weighted by Gasteiger charge is 2.19. The van der Waals surface area contributed by atoms with Crippen LogP contribution < -0.4 is 10.6 Å². The number of nitrogens with one attached hydrogen (secondary N) is 2. The van der Waals surface area contributed by atoms with Crippen LogP contribution >= 0.6 is 12.4 Å². The lowest BCUT2D eigenvalue weighted by Gasteiger charge is -2.21. The highest BCUT2D eigenvalue weighted by molar-refractivity contribution is 5.85. The summed E-state index contributed by atoms with van der Waals surface area (Å²) in [6.07, 6.45) is 8.53. The molecule has 0 radical (unpaired) electrons. The predicted octanol–water partition coefficient (Wildman–Crippen LogP) is 3.13. The fourth-order valence-corrected chi connectivity index (χ4v) is 2.46. The summed E-state index contributed by atoms with van der Waals surface area (Å²) in [4.78, 5) is 11.8. The number of carbonyl (C=O) groups is 1. The van der Waals surface area contributed by atoms with Gasteiger partial charge in [0, 0.05) is 13.1 Å². The van der Waals surface area contributed by atoms with Gasteiger partial charge in [-0.3, -0.25) is 4.79 Å². The van der Waals surface area contributed by atoms with Gasteiger partial charge in [0.15, 0.2) is 0 Å². The Labute approximate surface area is 124 Å². The molecule has 0 saturated carbocycles. The van der Waals surface area contributed by atoms with Crippen molar-refractivity contribution in [2.75, 3.05) is 19.6 Å². The lowest BCUT2D eigenvalue weighted by Crippen LogP contribution is -2.40. The normalized spacial score (nSPS) is 19.0. The number of rotatable bonds is 8. The van der Waals surface area contributed by atoms with E-state index in [0.717, 1.165) is 44.8 Å². The molecule has 1 atom stereocenters. The molecule has 1 unspecified atom stereocenters. The van der Waals surface area contributed by atoms with Crippen LogP contribution in [0, 0.1) is 11.8 Å². The molecular weight excluding hydrogens is 260 g/mol. The monoisotopic (exact) mass is 290 g/mol. The average molecular weight is 291 g/mol. The zero-order valence-electron chi connectivity index (χ0n) is 12.5. The molecule has 1 aliphatic heterocycles. The Morgan fingerprint density at radius 3 is 2.63 bits per heavy atom. The third-order valence-electron chi connectivity index (χ3n) is 3.68. The molecule has 0 aliphatic carbocycles. The molecular formula is C15H31ClN2O. The Bertz CT molecular complexity index is 228. The van der Waals surface area contributed by atoms with Crippen LogP contribution in [0.3, 0.4) is 0 Å². The van der Waals surface area contributed by atoms with Gasteiger partial charge in [0.1, 0.15) is 0 Å². The second kappa shape index (κ2) is 11.5. The number of amides is 1. The van der Waals surface area contributed by atoms with E-state index in [4.69, 9.17) is 0 Å². The molecule has 3 nitrogen and oxygen atoms in total. The van der Waals surface area contributed by atoms with Crippen molar-refractivity contribution in [3.63, 3.8) is 0 Å². The zero-order valence-corrected chi connectivity index (χ0v) is 13.4. The summed E-state index contributed by atoms with van der Waals surface area (Å²) in [5, 5.41) is 6.36. The van der Waals surface area contributed by atoms with Gasteiger partial charge in [-0.05, 0) is 31.7 Å². The summed E-state index contributed by atoms with van der Waals surface area (Å²) >= 11 is 0. The Hall–Kier alpha value is -0.280. The first-order valence-corrected chi connectivity index (χ1v) is 7.68. The number of carbonyl (C=O) groups excluding carboxylic acids is 1. The Morgan fingerprint density at radius 1 is 1.26 bits per heavy atom. The molecule has 0 spiro atoms. The quantitative estimate of drug-likeness (QED) is 0.674. The van der Waals surface area contributed by atoms with Crippen LogP contribution in [0.4, 0.5) is 0 Å². The second-order valence-corrected chi connectivity index (χ2v) is 5.93. The third kappa shape index (κ3) is 9.28. The summed E-state index contributed by atoms with van der Waals surface area (Å²) < 4.78 is 0. The molecule has 1 heterocycles. The molecule has 1 rings (SSSR count). The summed E-state index contributed by atoms with van der Waals surface area (Å²) in [6, 6.07) is 0. The maximum atomic E-state index is 11.8. The molecule has 4 heteroatoms. The van der Waals surface area contributed by atoms with Gasteiger partial charge < -0.3 is 10.6 Å². The predicted molar refractivity (Wildman–Crippen MR) is 83.8 cm³/mol. The lowest BCUT2D eigenvalue weighted by atomic mass is 9.99. The van der Waals surface area contributed by atoms with Crippen LogP contribution in [0.1, 0.15) is 58.8 Å². The summed E-state index contributed by atoms with van der Waals surface area (Å²) in [7, 11) is 0. The molecule has 114 valence electrons. The summed E-state index contributed by atoms with van der Waals surface area (Å²) in [5.41, 5.74) is 0. The highest BCUT2D eigenvalue weighted by Crippen LogP contribution is 2.11. The minimum atomic E-state index is 0. The summed E-state index contributed by atoms with van der Waals surface area (Å²) in [5.74, 6) is 1.28. The minimum absolute atomic E-state index is 0. The van der Waals surface area contributed by atoms with Crippen LogP contribution in [0.5, 0.6) is 0 Å². The Morgan fingerprint density at radius 2 is 2.00 bits per heavy atom. The van der Waals surface area contributed by atoms with Crippen molar-refractivity contribution in [1.82, 2.24) is 10.6 Å². The van der Waals surface area contributed by atoms with E-state index in [1.165, 1.54) is 25.7 Å². The van der Waals surface area contributed by atoms with E-state index >= 15 is 0 Å². The standard InChI is InChI=1S/C15H30N2O.ClH/c1-13(2)8-5-3-4-6-11-17-15(18)14-9-7-10-16-12-14;/h13-14,16H,3-12H2,1-2H3,(H,17,18);1H. The number of hydrogen-bond acceptors (Lipinski definition) is 2. The number of unbranched alkanes of at least 4 members (excludes halogenated alkanes) is 3. The SMILES string of the molecule is CC(C)CCCCCCNC(=O)C1CCCNC1.Cl. The summed E-state index contributed by atoms with van der Waals surface area (Å²) in [6.45, 7) is 7.34. The van der Waals surface area contributed by atoms with Crippen molar-refractivity contribution in [2.24, 2.45) is 11.8 Å². The van der Waals surface area contributed by atoms with Crippen LogP contribution in [-0.2, 0) is 4.79 Å². The molecule has 1 fully saturated rings. The van der Waals surface area contributed by atoms with Crippen molar-refractivity contribution in [2.45, 2.75) is 58.8 Å². The molecule has 1 saturated heterocycles. The van der Waals surface area contributed by atoms with E-state index in [-0.39, 0.29) is 24.2 Å². The Kier molecular flexibility index (Phi) is 11.4. The third-order valence-corrected chi connectivity index (χ3v) is 3.68. The van der Waals surface area contributed by atoms with E-state index in [1.807, 2.05) is 0 Å². The molecule has 1 amide bonds. The first kappa shape index (κ1) is 18.7. The molecule has 0 bridgehead atoms. The molecule has 1 aliphatic rings.